The first kappa shape index (κ1) is 17.0. The molecule has 1 amide bonds. The third-order valence-corrected chi connectivity index (χ3v) is 4.44. The van der Waals surface area contributed by atoms with Crippen LogP contribution in [0.3, 0.4) is 0 Å². The molecule has 0 spiro atoms. The fraction of sp³-hybridized carbons (Fsp3) is 0.227. The van der Waals surface area contributed by atoms with Gasteiger partial charge in [0.1, 0.15) is 5.75 Å². The van der Waals surface area contributed by atoms with Crippen LogP contribution in [0.25, 0.3) is 10.8 Å². The molecule has 0 heterocycles. The van der Waals surface area contributed by atoms with Crippen LogP contribution in [-0.2, 0) is 11.3 Å². The molecule has 3 rings (SSSR count). The highest BCUT2D eigenvalue weighted by molar-refractivity contribution is 5.83. The van der Waals surface area contributed by atoms with Crippen LogP contribution in [0.2, 0.25) is 0 Å². The predicted octanol–water partition coefficient (Wildman–Crippen LogP) is 4.54. The molecule has 128 valence electrons. The van der Waals surface area contributed by atoms with E-state index in [0.717, 1.165) is 16.9 Å². The van der Waals surface area contributed by atoms with Crippen molar-refractivity contribution >= 4 is 16.7 Å². The van der Waals surface area contributed by atoms with E-state index in [4.69, 9.17) is 4.74 Å². The summed E-state index contributed by atoms with van der Waals surface area (Å²) in [5.41, 5.74) is 3.44. The summed E-state index contributed by atoms with van der Waals surface area (Å²) in [6.45, 7) is 6.35. The quantitative estimate of drug-likeness (QED) is 0.744. The molecule has 0 aliphatic carbocycles. The first-order chi connectivity index (χ1) is 12.0. The van der Waals surface area contributed by atoms with Gasteiger partial charge in [-0.2, -0.15) is 0 Å². The van der Waals surface area contributed by atoms with Crippen molar-refractivity contribution in [2.75, 3.05) is 0 Å². The maximum absolute atomic E-state index is 12.3. The predicted molar refractivity (Wildman–Crippen MR) is 102 cm³/mol. The molecule has 0 unspecified atom stereocenters. The molecule has 0 saturated heterocycles. The maximum Gasteiger partial charge on any atom is 0.261 e. The summed E-state index contributed by atoms with van der Waals surface area (Å²) in [6, 6.07) is 20.3. The molecule has 0 radical (unpaired) electrons. The molecule has 25 heavy (non-hydrogen) atoms. The van der Waals surface area contributed by atoms with Gasteiger partial charge in [0.2, 0.25) is 0 Å². The monoisotopic (exact) mass is 333 g/mol. The van der Waals surface area contributed by atoms with Crippen molar-refractivity contribution in [3.05, 3.63) is 77.4 Å². The Morgan fingerprint density at radius 1 is 0.960 bits per heavy atom. The summed E-state index contributed by atoms with van der Waals surface area (Å²) in [5, 5.41) is 5.32. The minimum Gasteiger partial charge on any atom is -0.481 e. The van der Waals surface area contributed by atoms with Gasteiger partial charge in [0.15, 0.2) is 6.10 Å². The fourth-order valence-corrected chi connectivity index (χ4v) is 2.73. The number of nitrogens with one attached hydrogen (secondary N) is 1. The first-order valence-electron chi connectivity index (χ1n) is 8.52. The zero-order valence-corrected chi connectivity index (χ0v) is 14.9. The van der Waals surface area contributed by atoms with Crippen LogP contribution < -0.4 is 10.1 Å². The van der Waals surface area contributed by atoms with Crippen molar-refractivity contribution in [1.29, 1.82) is 0 Å². The summed E-state index contributed by atoms with van der Waals surface area (Å²) in [7, 11) is 0. The van der Waals surface area contributed by atoms with Crippen molar-refractivity contribution in [3.63, 3.8) is 0 Å². The highest BCUT2D eigenvalue weighted by Gasteiger charge is 2.14. The van der Waals surface area contributed by atoms with Gasteiger partial charge in [0.25, 0.3) is 5.91 Å². The number of hydrogen-bond acceptors (Lipinski definition) is 2. The van der Waals surface area contributed by atoms with E-state index in [2.05, 4.69) is 36.5 Å². The van der Waals surface area contributed by atoms with Gasteiger partial charge in [-0.25, -0.2) is 0 Å². The number of rotatable bonds is 5. The highest BCUT2D eigenvalue weighted by Crippen LogP contribution is 2.18. The molecular formula is C22H23NO2. The number of carbonyl (C=O) groups excluding carboxylic acids is 1. The van der Waals surface area contributed by atoms with Crippen molar-refractivity contribution in [2.24, 2.45) is 0 Å². The topological polar surface area (TPSA) is 38.3 Å². The van der Waals surface area contributed by atoms with Gasteiger partial charge in [-0.05, 0) is 66.4 Å². The third kappa shape index (κ3) is 4.18. The van der Waals surface area contributed by atoms with E-state index >= 15 is 0 Å². The smallest absolute Gasteiger partial charge is 0.261 e. The fourth-order valence-electron chi connectivity index (χ4n) is 2.73. The Morgan fingerprint density at radius 2 is 1.72 bits per heavy atom. The van der Waals surface area contributed by atoms with E-state index in [9.17, 15) is 4.79 Å². The number of fused-ring (bicyclic) bond motifs is 1. The molecule has 0 saturated carbocycles. The zero-order valence-electron chi connectivity index (χ0n) is 14.9. The molecule has 0 bridgehead atoms. The Balaban J connectivity index is 1.59. The normalized spacial score (nSPS) is 12.0. The van der Waals surface area contributed by atoms with Crippen LogP contribution in [0.15, 0.2) is 60.7 Å². The van der Waals surface area contributed by atoms with Crippen molar-refractivity contribution in [3.8, 4) is 5.75 Å². The average molecular weight is 333 g/mol. The molecule has 0 aliphatic rings. The van der Waals surface area contributed by atoms with E-state index < -0.39 is 6.10 Å². The Labute approximate surface area is 148 Å². The lowest BCUT2D eigenvalue weighted by molar-refractivity contribution is -0.127. The first-order valence-corrected chi connectivity index (χ1v) is 8.52. The molecule has 3 aromatic rings. The van der Waals surface area contributed by atoms with Gasteiger partial charge in [0, 0.05) is 6.54 Å². The zero-order chi connectivity index (χ0) is 17.8. The van der Waals surface area contributed by atoms with Crippen molar-refractivity contribution in [2.45, 2.75) is 33.4 Å². The second-order valence-corrected chi connectivity index (χ2v) is 6.41. The van der Waals surface area contributed by atoms with E-state index in [0.29, 0.717) is 6.54 Å². The number of hydrogen-bond donors (Lipinski definition) is 1. The number of aryl methyl sites for hydroxylation is 2. The molecular weight excluding hydrogens is 310 g/mol. The van der Waals surface area contributed by atoms with Gasteiger partial charge in [0.05, 0.1) is 0 Å². The van der Waals surface area contributed by atoms with Crippen molar-refractivity contribution in [1.82, 2.24) is 5.32 Å². The molecule has 1 atom stereocenters. The Morgan fingerprint density at radius 3 is 2.48 bits per heavy atom. The minimum atomic E-state index is -0.539. The SMILES string of the molecule is Cc1ccc(O[C@@H](C)C(=O)NCc2ccc3ccccc3c2)cc1C. The number of carbonyl (C=O) groups is 1. The molecule has 1 N–H and O–H groups in total. The van der Waals surface area contributed by atoms with E-state index in [1.807, 2.05) is 43.3 Å². The number of benzene rings is 3. The van der Waals surface area contributed by atoms with E-state index in [1.54, 1.807) is 6.92 Å². The number of ether oxygens (including phenoxy) is 1. The van der Waals surface area contributed by atoms with Gasteiger partial charge in [-0.1, -0.05) is 42.5 Å². The van der Waals surface area contributed by atoms with Gasteiger partial charge in [-0.3, -0.25) is 4.79 Å². The minimum absolute atomic E-state index is 0.119. The molecule has 0 fully saturated rings. The van der Waals surface area contributed by atoms with Crippen LogP contribution >= 0.6 is 0 Å². The largest absolute Gasteiger partial charge is 0.481 e. The van der Waals surface area contributed by atoms with Crippen LogP contribution in [0, 0.1) is 13.8 Å². The maximum atomic E-state index is 12.3. The van der Waals surface area contributed by atoms with Crippen LogP contribution in [-0.4, -0.2) is 12.0 Å². The van der Waals surface area contributed by atoms with E-state index in [-0.39, 0.29) is 5.91 Å². The Bertz CT molecular complexity index is 901. The van der Waals surface area contributed by atoms with Crippen LogP contribution in [0.5, 0.6) is 5.75 Å². The molecule has 0 aromatic heterocycles. The Hall–Kier alpha value is -2.81. The summed E-state index contributed by atoms with van der Waals surface area (Å²) < 4.78 is 5.76. The van der Waals surface area contributed by atoms with Gasteiger partial charge >= 0.3 is 0 Å². The average Bonchev–Trinajstić information content (AvgIpc) is 2.62. The van der Waals surface area contributed by atoms with Gasteiger partial charge in [-0.15, -0.1) is 0 Å². The lowest BCUT2D eigenvalue weighted by atomic mass is 10.1. The lowest BCUT2D eigenvalue weighted by Gasteiger charge is -2.16. The number of amides is 1. The van der Waals surface area contributed by atoms with Gasteiger partial charge < -0.3 is 10.1 Å². The van der Waals surface area contributed by atoms with Crippen LogP contribution in [0.4, 0.5) is 0 Å². The Kier molecular flexibility index (Phi) is 5.03. The lowest BCUT2D eigenvalue weighted by Crippen LogP contribution is -2.35. The van der Waals surface area contributed by atoms with Crippen LogP contribution in [0.1, 0.15) is 23.6 Å². The summed E-state index contributed by atoms with van der Waals surface area (Å²) in [6.07, 6.45) is -0.539. The molecule has 3 aromatic carbocycles. The molecule has 0 aliphatic heterocycles. The summed E-state index contributed by atoms with van der Waals surface area (Å²) in [5.74, 6) is 0.600. The highest BCUT2D eigenvalue weighted by atomic mass is 16.5. The second-order valence-electron chi connectivity index (χ2n) is 6.41. The standard InChI is InChI=1S/C22H23NO2/c1-15-8-11-21(12-16(15)2)25-17(3)22(24)23-14-18-9-10-19-6-4-5-7-20(19)13-18/h4-13,17H,14H2,1-3H3,(H,23,24)/t17-/m0/s1. The third-order valence-electron chi connectivity index (χ3n) is 4.44. The van der Waals surface area contributed by atoms with Crippen molar-refractivity contribution < 1.29 is 9.53 Å². The summed E-state index contributed by atoms with van der Waals surface area (Å²) in [4.78, 5) is 12.3. The summed E-state index contributed by atoms with van der Waals surface area (Å²) >= 11 is 0. The molecule has 3 nitrogen and oxygen atoms in total. The second kappa shape index (κ2) is 7.39. The van der Waals surface area contributed by atoms with E-state index in [1.165, 1.54) is 16.3 Å². The molecule has 3 heteroatoms.